The van der Waals surface area contributed by atoms with Crippen molar-refractivity contribution in [1.82, 2.24) is 0 Å². The summed E-state index contributed by atoms with van der Waals surface area (Å²) in [6.45, 7) is 5.38. The Morgan fingerprint density at radius 3 is 2.68 bits per heavy atom. The van der Waals surface area contributed by atoms with E-state index in [-0.39, 0.29) is 11.7 Å². The van der Waals surface area contributed by atoms with Gasteiger partial charge in [0.2, 0.25) is 5.91 Å². The number of amides is 1. The molecule has 0 aliphatic rings. The first-order valence-corrected chi connectivity index (χ1v) is 6.70. The van der Waals surface area contributed by atoms with E-state index in [1.807, 2.05) is 26.0 Å². The fraction of sp³-hybridized carbons (Fsp3) is 0.385. The lowest BCUT2D eigenvalue weighted by molar-refractivity contribution is -0.121. The van der Waals surface area contributed by atoms with Crippen LogP contribution in [0.15, 0.2) is 27.8 Å². The Morgan fingerprint density at radius 2 is 2.21 bits per heavy atom. The summed E-state index contributed by atoms with van der Waals surface area (Å²) < 4.78 is 0.972. The smallest absolute Gasteiger partial charge is 0.238 e. The van der Waals surface area contributed by atoms with Gasteiger partial charge >= 0.3 is 0 Å². The molecule has 0 bridgehead atoms. The maximum atomic E-state index is 12.3. The highest BCUT2D eigenvalue weighted by Gasteiger charge is 2.36. The molecular formula is C13H18BrN3O2. The molecule has 0 saturated carbocycles. The summed E-state index contributed by atoms with van der Waals surface area (Å²) in [6.07, 6.45) is 0.435. The first-order chi connectivity index (χ1) is 8.85. The summed E-state index contributed by atoms with van der Waals surface area (Å²) in [6, 6.07) is 5.50. The highest BCUT2D eigenvalue weighted by atomic mass is 79.9. The molecule has 0 saturated heterocycles. The van der Waals surface area contributed by atoms with Crippen LogP contribution in [0.2, 0.25) is 0 Å². The number of benzene rings is 1. The minimum atomic E-state index is -1.03. The number of amidine groups is 1. The quantitative estimate of drug-likeness (QED) is 0.344. The molecular weight excluding hydrogens is 310 g/mol. The van der Waals surface area contributed by atoms with E-state index in [0.717, 1.165) is 10.0 Å². The minimum absolute atomic E-state index is 0.0960. The van der Waals surface area contributed by atoms with Gasteiger partial charge in [-0.15, -0.1) is 0 Å². The van der Waals surface area contributed by atoms with Crippen molar-refractivity contribution < 1.29 is 10.0 Å². The number of nitrogens with one attached hydrogen (secondary N) is 1. The molecule has 6 heteroatoms. The fourth-order valence-electron chi connectivity index (χ4n) is 1.56. The molecule has 1 atom stereocenters. The number of nitrogens with zero attached hydrogens (tertiary/aromatic N) is 1. The van der Waals surface area contributed by atoms with E-state index >= 15 is 0 Å². The van der Waals surface area contributed by atoms with Crippen molar-refractivity contribution in [2.75, 3.05) is 5.32 Å². The van der Waals surface area contributed by atoms with Gasteiger partial charge in [-0.25, -0.2) is 0 Å². The average Bonchev–Trinajstić information content (AvgIpc) is 2.40. The second kappa shape index (κ2) is 6.06. The van der Waals surface area contributed by atoms with Crippen molar-refractivity contribution in [2.45, 2.75) is 27.2 Å². The van der Waals surface area contributed by atoms with Crippen LogP contribution in [0.4, 0.5) is 5.69 Å². The van der Waals surface area contributed by atoms with Crippen molar-refractivity contribution >= 4 is 33.4 Å². The van der Waals surface area contributed by atoms with E-state index in [1.165, 1.54) is 0 Å². The largest absolute Gasteiger partial charge is 0.409 e. The number of hydrogen-bond acceptors (Lipinski definition) is 3. The van der Waals surface area contributed by atoms with E-state index < -0.39 is 5.41 Å². The Hall–Kier alpha value is -1.56. The van der Waals surface area contributed by atoms with Crippen LogP contribution in [0.3, 0.4) is 0 Å². The molecule has 104 valence electrons. The summed E-state index contributed by atoms with van der Waals surface area (Å²) in [4.78, 5) is 12.3. The number of oxime groups is 1. The number of rotatable bonds is 4. The second-order valence-corrected chi connectivity index (χ2v) is 5.44. The van der Waals surface area contributed by atoms with Crippen molar-refractivity contribution in [3.05, 3.63) is 28.2 Å². The number of hydrogen-bond donors (Lipinski definition) is 3. The van der Waals surface area contributed by atoms with Gasteiger partial charge < -0.3 is 16.3 Å². The Kier molecular flexibility index (Phi) is 4.94. The predicted octanol–water partition coefficient (Wildman–Crippen LogP) is 2.86. The first kappa shape index (κ1) is 15.5. The SMILES string of the molecule is CCC(C)(C(=O)Nc1ccc(Br)c(C)c1)/C(N)=N/O. The number of nitrogens with two attached hydrogens (primary N) is 1. The van der Waals surface area contributed by atoms with Crippen LogP contribution >= 0.6 is 15.9 Å². The Labute approximate surface area is 121 Å². The van der Waals surface area contributed by atoms with Gasteiger partial charge in [0.05, 0.1) is 0 Å². The highest BCUT2D eigenvalue weighted by Crippen LogP contribution is 2.25. The minimum Gasteiger partial charge on any atom is -0.409 e. The Balaban J connectivity index is 2.98. The molecule has 0 radical (unpaired) electrons. The summed E-state index contributed by atoms with van der Waals surface area (Å²) in [5.74, 6) is -0.395. The van der Waals surface area contributed by atoms with Crippen molar-refractivity contribution in [2.24, 2.45) is 16.3 Å². The summed E-state index contributed by atoms with van der Waals surface area (Å²) in [7, 11) is 0. The lowest BCUT2D eigenvalue weighted by Crippen LogP contribution is -2.44. The molecule has 0 spiro atoms. The molecule has 1 amide bonds. The molecule has 1 unspecified atom stereocenters. The van der Waals surface area contributed by atoms with E-state index in [0.29, 0.717) is 12.1 Å². The molecule has 4 N–H and O–H groups in total. The van der Waals surface area contributed by atoms with E-state index in [2.05, 4.69) is 26.4 Å². The Morgan fingerprint density at radius 1 is 1.58 bits per heavy atom. The van der Waals surface area contributed by atoms with Crippen LogP contribution in [0.1, 0.15) is 25.8 Å². The predicted molar refractivity (Wildman–Crippen MR) is 79.3 cm³/mol. The molecule has 0 aromatic heterocycles. The average molecular weight is 328 g/mol. The zero-order valence-electron chi connectivity index (χ0n) is 11.2. The number of anilines is 1. The summed E-state index contributed by atoms with van der Waals surface area (Å²) >= 11 is 3.40. The topological polar surface area (TPSA) is 87.7 Å². The molecule has 0 fully saturated rings. The lowest BCUT2D eigenvalue weighted by Gasteiger charge is -2.25. The third kappa shape index (κ3) is 3.26. The van der Waals surface area contributed by atoms with Gasteiger partial charge in [-0.1, -0.05) is 28.0 Å². The monoisotopic (exact) mass is 327 g/mol. The van der Waals surface area contributed by atoms with Gasteiger partial charge in [-0.3, -0.25) is 4.79 Å². The third-order valence-corrected chi connectivity index (χ3v) is 4.19. The summed E-state index contributed by atoms with van der Waals surface area (Å²) in [5, 5.41) is 14.5. The van der Waals surface area contributed by atoms with Gasteiger partial charge in [0, 0.05) is 10.2 Å². The van der Waals surface area contributed by atoms with Crippen LogP contribution in [0.25, 0.3) is 0 Å². The molecule has 1 aromatic rings. The van der Waals surface area contributed by atoms with Crippen molar-refractivity contribution in [1.29, 1.82) is 0 Å². The molecule has 0 aliphatic carbocycles. The molecule has 1 aromatic carbocycles. The Bertz CT molecular complexity index is 517. The van der Waals surface area contributed by atoms with Gasteiger partial charge in [-0.2, -0.15) is 0 Å². The number of aryl methyl sites for hydroxylation is 1. The normalized spacial score (nSPS) is 14.8. The number of carbonyl (C=O) groups excluding carboxylic acids is 1. The molecule has 0 aliphatic heterocycles. The maximum Gasteiger partial charge on any atom is 0.238 e. The third-order valence-electron chi connectivity index (χ3n) is 3.30. The molecule has 5 nitrogen and oxygen atoms in total. The summed E-state index contributed by atoms with van der Waals surface area (Å²) in [5.41, 5.74) is 6.26. The van der Waals surface area contributed by atoms with Crippen LogP contribution in [0, 0.1) is 12.3 Å². The second-order valence-electron chi connectivity index (χ2n) is 4.59. The van der Waals surface area contributed by atoms with Crippen LogP contribution < -0.4 is 11.1 Å². The zero-order chi connectivity index (χ0) is 14.6. The van der Waals surface area contributed by atoms with E-state index in [1.54, 1.807) is 13.0 Å². The highest BCUT2D eigenvalue weighted by molar-refractivity contribution is 9.10. The standard InChI is InChI=1S/C13H18BrN3O2/c1-4-13(3,11(15)17-19)12(18)16-9-5-6-10(14)8(2)7-9/h5-7,19H,4H2,1-3H3,(H2,15,17)(H,16,18). The van der Waals surface area contributed by atoms with Gasteiger partial charge in [0.25, 0.3) is 0 Å². The van der Waals surface area contributed by atoms with Crippen molar-refractivity contribution in [3.8, 4) is 0 Å². The van der Waals surface area contributed by atoms with E-state index in [4.69, 9.17) is 10.9 Å². The van der Waals surface area contributed by atoms with Crippen LogP contribution in [0.5, 0.6) is 0 Å². The van der Waals surface area contributed by atoms with Crippen LogP contribution in [-0.2, 0) is 4.79 Å². The fourth-order valence-corrected chi connectivity index (χ4v) is 1.81. The van der Waals surface area contributed by atoms with Gasteiger partial charge in [-0.05, 0) is 44.0 Å². The molecule has 19 heavy (non-hydrogen) atoms. The maximum absolute atomic E-state index is 12.3. The number of carbonyl (C=O) groups is 1. The van der Waals surface area contributed by atoms with Crippen molar-refractivity contribution in [3.63, 3.8) is 0 Å². The molecule has 0 heterocycles. The van der Waals surface area contributed by atoms with Gasteiger partial charge in [0.15, 0.2) is 5.84 Å². The first-order valence-electron chi connectivity index (χ1n) is 5.90. The van der Waals surface area contributed by atoms with Crippen LogP contribution in [-0.4, -0.2) is 17.0 Å². The lowest BCUT2D eigenvalue weighted by atomic mass is 9.85. The number of halogens is 1. The van der Waals surface area contributed by atoms with Gasteiger partial charge in [0.1, 0.15) is 5.41 Å². The molecule has 1 rings (SSSR count). The van der Waals surface area contributed by atoms with E-state index in [9.17, 15) is 4.79 Å². The zero-order valence-corrected chi connectivity index (χ0v) is 12.8.